The van der Waals surface area contributed by atoms with Crippen molar-refractivity contribution in [1.29, 1.82) is 5.41 Å². The molecule has 2 aromatic carbocycles. The van der Waals surface area contributed by atoms with Gasteiger partial charge in [-0.25, -0.2) is 4.79 Å². The average Bonchev–Trinajstić information content (AvgIpc) is 3.24. The summed E-state index contributed by atoms with van der Waals surface area (Å²) in [5, 5.41) is 11.8. The highest BCUT2D eigenvalue weighted by molar-refractivity contribution is 5.99. The van der Waals surface area contributed by atoms with Gasteiger partial charge in [0, 0.05) is 12.0 Å². The first-order chi connectivity index (χ1) is 16.0. The molecule has 0 aliphatic rings. The minimum atomic E-state index is -0.679. The van der Waals surface area contributed by atoms with Crippen molar-refractivity contribution in [3.8, 4) is 5.75 Å². The molecule has 9 nitrogen and oxygen atoms in total. The maximum atomic E-state index is 12.4. The maximum absolute atomic E-state index is 12.4. The SMILES string of the molecule is CC(C)(C)OC(=O)CCC(=O)NCc1ccc(C(=O)Oc2ccc3cc(C(=N)N)ccc3c2)o1. The summed E-state index contributed by atoms with van der Waals surface area (Å²) < 4.78 is 16.0. The van der Waals surface area contributed by atoms with E-state index >= 15 is 0 Å². The van der Waals surface area contributed by atoms with Crippen LogP contribution in [0.5, 0.6) is 5.75 Å². The Hall–Kier alpha value is -4.14. The number of benzene rings is 2. The lowest BCUT2D eigenvalue weighted by atomic mass is 10.1. The standard InChI is InChI=1S/C25H27N3O6/c1-25(2,3)34-22(30)11-10-21(29)28-14-19-8-9-20(32-19)24(31)33-18-7-6-15-12-17(23(26)27)5-4-16(15)13-18/h4-9,12-13H,10-11,14H2,1-3H3,(H3,26,27)(H,28,29). The number of nitrogens with one attached hydrogen (secondary N) is 2. The third kappa shape index (κ3) is 6.93. The molecule has 0 aliphatic heterocycles. The minimum absolute atomic E-state index is 0.00923. The molecule has 1 aromatic heterocycles. The largest absolute Gasteiger partial charge is 0.460 e. The molecule has 34 heavy (non-hydrogen) atoms. The lowest BCUT2D eigenvalue weighted by Crippen LogP contribution is -2.26. The van der Waals surface area contributed by atoms with E-state index in [1.165, 1.54) is 6.07 Å². The molecule has 1 heterocycles. The number of fused-ring (bicyclic) bond motifs is 1. The topological polar surface area (TPSA) is 145 Å². The van der Waals surface area contributed by atoms with Gasteiger partial charge in [0.25, 0.3) is 0 Å². The predicted octanol–water partition coefficient (Wildman–Crippen LogP) is 3.67. The lowest BCUT2D eigenvalue weighted by Gasteiger charge is -2.19. The van der Waals surface area contributed by atoms with Crippen LogP contribution >= 0.6 is 0 Å². The van der Waals surface area contributed by atoms with Crippen LogP contribution in [0.25, 0.3) is 10.8 Å². The molecule has 0 fully saturated rings. The van der Waals surface area contributed by atoms with Crippen LogP contribution in [-0.2, 0) is 20.9 Å². The number of hydrogen-bond donors (Lipinski definition) is 3. The summed E-state index contributed by atoms with van der Waals surface area (Å²) in [7, 11) is 0. The molecular weight excluding hydrogens is 438 g/mol. The van der Waals surface area contributed by atoms with Crippen LogP contribution in [0, 0.1) is 5.41 Å². The van der Waals surface area contributed by atoms with Gasteiger partial charge >= 0.3 is 11.9 Å². The fourth-order valence-corrected chi connectivity index (χ4v) is 3.08. The van der Waals surface area contributed by atoms with Crippen molar-refractivity contribution in [3.63, 3.8) is 0 Å². The zero-order chi connectivity index (χ0) is 24.9. The van der Waals surface area contributed by atoms with E-state index in [2.05, 4.69) is 5.32 Å². The maximum Gasteiger partial charge on any atom is 0.379 e. The zero-order valence-corrected chi connectivity index (χ0v) is 19.3. The van der Waals surface area contributed by atoms with E-state index in [1.54, 1.807) is 63.2 Å². The Morgan fingerprint density at radius 2 is 1.71 bits per heavy atom. The molecule has 1 amide bonds. The highest BCUT2D eigenvalue weighted by Gasteiger charge is 2.18. The minimum Gasteiger partial charge on any atom is -0.460 e. The molecule has 0 saturated heterocycles. The first-order valence-corrected chi connectivity index (χ1v) is 10.7. The number of carbonyl (C=O) groups excluding carboxylic acids is 3. The van der Waals surface area contributed by atoms with Gasteiger partial charge in [-0.2, -0.15) is 0 Å². The highest BCUT2D eigenvalue weighted by atomic mass is 16.6. The number of hydrogen-bond acceptors (Lipinski definition) is 7. The van der Waals surface area contributed by atoms with E-state index in [0.717, 1.165) is 10.8 Å². The van der Waals surface area contributed by atoms with Crippen molar-refractivity contribution in [2.24, 2.45) is 5.73 Å². The first-order valence-electron chi connectivity index (χ1n) is 10.7. The first kappa shape index (κ1) is 24.5. The normalized spacial score (nSPS) is 11.1. The number of amidine groups is 1. The quantitative estimate of drug-likeness (QED) is 0.199. The van der Waals surface area contributed by atoms with Gasteiger partial charge in [-0.3, -0.25) is 15.0 Å². The van der Waals surface area contributed by atoms with E-state index < -0.39 is 17.5 Å². The number of rotatable bonds is 8. The molecule has 3 rings (SSSR count). The Bertz CT molecular complexity index is 1240. The molecule has 178 valence electrons. The van der Waals surface area contributed by atoms with E-state index in [4.69, 9.17) is 25.0 Å². The number of nitrogens with two attached hydrogens (primary N) is 1. The Balaban J connectivity index is 1.52. The van der Waals surface area contributed by atoms with E-state index in [1.807, 2.05) is 0 Å². The lowest BCUT2D eigenvalue weighted by molar-refractivity contribution is -0.155. The number of nitrogen functional groups attached to an aromatic ring is 1. The summed E-state index contributed by atoms with van der Waals surface area (Å²) in [4.78, 5) is 36.1. The van der Waals surface area contributed by atoms with Crippen LogP contribution in [0.3, 0.4) is 0 Å². The summed E-state index contributed by atoms with van der Waals surface area (Å²) in [5.41, 5.74) is 5.52. The van der Waals surface area contributed by atoms with E-state index in [0.29, 0.717) is 17.1 Å². The fraction of sp³-hybridized carbons (Fsp3) is 0.280. The number of amides is 1. The molecule has 0 unspecified atom stereocenters. The van der Waals surface area contributed by atoms with Crippen LogP contribution in [0.1, 0.15) is 55.5 Å². The van der Waals surface area contributed by atoms with Crippen molar-refractivity contribution in [2.45, 2.75) is 45.8 Å². The third-order valence-electron chi connectivity index (χ3n) is 4.63. The van der Waals surface area contributed by atoms with Gasteiger partial charge in [-0.15, -0.1) is 0 Å². The molecule has 0 atom stereocenters. The van der Waals surface area contributed by atoms with Crippen molar-refractivity contribution in [2.75, 3.05) is 0 Å². The zero-order valence-electron chi connectivity index (χ0n) is 19.3. The molecule has 3 aromatic rings. The molecule has 0 saturated carbocycles. The smallest absolute Gasteiger partial charge is 0.379 e. The van der Waals surface area contributed by atoms with Gasteiger partial charge < -0.3 is 24.9 Å². The Morgan fingerprint density at radius 3 is 2.41 bits per heavy atom. The summed E-state index contributed by atoms with van der Waals surface area (Å²) in [6.07, 6.45) is -0.0406. The average molecular weight is 466 g/mol. The van der Waals surface area contributed by atoms with Crippen LogP contribution in [-0.4, -0.2) is 29.3 Å². The van der Waals surface area contributed by atoms with Crippen molar-refractivity contribution < 1.29 is 28.3 Å². The summed E-state index contributed by atoms with van der Waals surface area (Å²) in [6.45, 7) is 5.34. The van der Waals surface area contributed by atoms with Crippen LogP contribution in [0.2, 0.25) is 0 Å². The third-order valence-corrected chi connectivity index (χ3v) is 4.63. The second-order valence-corrected chi connectivity index (χ2v) is 8.66. The molecule has 0 spiro atoms. The summed E-state index contributed by atoms with van der Waals surface area (Å²) in [5.74, 6) is -0.791. The molecule has 0 aliphatic carbocycles. The summed E-state index contributed by atoms with van der Waals surface area (Å²) in [6, 6.07) is 13.4. The van der Waals surface area contributed by atoms with Crippen molar-refractivity contribution in [3.05, 3.63) is 65.6 Å². The number of ether oxygens (including phenoxy) is 2. The van der Waals surface area contributed by atoms with E-state index in [9.17, 15) is 14.4 Å². The number of esters is 2. The molecule has 4 N–H and O–H groups in total. The van der Waals surface area contributed by atoms with Gasteiger partial charge in [0.1, 0.15) is 22.9 Å². The molecular formula is C25H27N3O6. The van der Waals surface area contributed by atoms with Gasteiger partial charge in [-0.1, -0.05) is 18.2 Å². The Kier molecular flexibility index (Phi) is 7.35. The second-order valence-electron chi connectivity index (χ2n) is 8.66. The molecule has 0 radical (unpaired) electrons. The summed E-state index contributed by atoms with van der Waals surface area (Å²) >= 11 is 0. The predicted molar refractivity (Wildman–Crippen MR) is 126 cm³/mol. The van der Waals surface area contributed by atoms with Gasteiger partial charge in [0.15, 0.2) is 0 Å². The van der Waals surface area contributed by atoms with Crippen molar-refractivity contribution in [1.82, 2.24) is 5.32 Å². The van der Waals surface area contributed by atoms with E-state index in [-0.39, 0.29) is 36.9 Å². The fourth-order valence-electron chi connectivity index (χ4n) is 3.08. The number of furan rings is 1. The highest BCUT2D eigenvalue weighted by Crippen LogP contribution is 2.23. The second kappa shape index (κ2) is 10.2. The molecule has 0 bridgehead atoms. The monoisotopic (exact) mass is 465 g/mol. The van der Waals surface area contributed by atoms with Crippen LogP contribution in [0.4, 0.5) is 0 Å². The van der Waals surface area contributed by atoms with Gasteiger partial charge in [0.2, 0.25) is 11.7 Å². The Morgan fingerprint density at radius 1 is 1.00 bits per heavy atom. The van der Waals surface area contributed by atoms with Gasteiger partial charge in [0.05, 0.1) is 13.0 Å². The van der Waals surface area contributed by atoms with Crippen molar-refractivity contribution >= 4 is 34.5 Å². The molecule has 9 heteroatoms. The number of carbonyl (C=O) groups is 3. The Labute approximate surface area is 196 Å². The van der Waals surface area contributed by atoms with Gasteiger partial charge in [-0.05, 0) is 61.9 Å². The van der Waals surface area contributed by atoms with Crippen LogP contribution < -0.4 is 15.8 Å². The van der Waals surface area contributed by atoms with Crippen LogP contribution in [0.15, 0.2) is 52.9 Å².